The van der Waals surface area contributed by atoms with Gasteiger partial charge in [-0.2, -0.15) is 5.06 Å². The van der Waals surface area contributed by atoms with Gasteiger partial charge in [-0.25, -0.2) is 0 Å². The maximum Gasteiger partial charge on any atom is 0.309 e. The van der Waals surface area contributed by atoms with Gasteiger partial charge in [0.25, 0.3) is 0 Å². The van der Waals surface area contributed by atoms with Crippen LogP contribution in [0.25, 0.3) is 0 Å². The van der Waals surface area contributed by atoms with Gasteiger partial charge in [0.2, 0.25) is 0 Å². The Labute approximate surface area is 272 Å². The largest absolute Gasteiger partial charge is 0.457 e. The summed E-state index contributed by atoms with van der Waals surface area (Å²) in [5.41, 5.74) is -1.49. The predicted molar refractivity (Wildman–Crippen MR) is 176 cm³/mol. The normalized spacial score (nSPS) is 33.4. The average Bonchev–Trinajstić information content (AvgIpc) is 3.73. The molecule has 0 aromatic heterocycles. The van der Waals surface area contributed by atoms with Crippen LogP contribution >= 0.6 is 0 Å². The fraction of sp³-hybridized carbons (Fsp3) is 0.857. The Morgan fingerprint density at radius 1 is 1.20 bits per heavy atom. The van der Waals surface area contributed by atoms with E-state index in [2.05, 4.69) is 18.7 Å². The number of carbonyl (C=O) groups excluding carboxylic acids is 1. The van der Waals surface area contributed by atoms with Crippen molar-refractivity contribution in [3.8, 4) is 0 Å². The second kappa shape index (κ2) is 18.2. The zero-order valence-electron chi connectivity index (χ0n) is 29.4. The first-order valence-electron chi connectivity index (χ1n) is 17.2. The molecule has 0 aliphatic carbocycles. The fourth-order valence-corrected chi connectivity index (χ4v) is 6.25. The first kappa shape index (κ1) is 39.8. The van der Waals surface area contributed by atoms with Gasteiger partial charge in [0.1, 0.15) is 12.2 Å². The zero-order chi connectivity index (χ0) is 33.9. The minimum atomic E-state index is -1.20. The molecule has 262 valence electrons. The van der Waals surface area contributed by atoms with Crippen molar-refractivity contribution < 1.29 is 39.5 Å². The first-order valence-corrected chi connectivity index (χ1v) is 17.2. The number of hydrogen-bond acceptors (Lipinski definition) is 10. The Bertz CT molecular complexity index is 950. The molecular formula is C35H64N2O8. The van der Waals surface area contributed by atoms with Gasteiger partial charge in [-0.1, -0.05) is 52.8 Å². The Hall–Kier alpha value is -1.37. The molecule has 10 unspecified atom stereocenters. The number of epoxide rings is 1. The molecule has 2 fully saturated rings. The number of cyclic esters (lactones) is 1. The van der Waals surface area contributed by atoms with Gasteiger partial charge in [-0.05, 0) is 77.5 Å². The number of likely N-dealkylation sites (N-methyl/N-ethyl adjacent to an activating group) is 2. The SMILES string of the molecule is CCC(O)C(C)C1OC1CC(C)(O)/C=C/C=C(\C)C1OC(=O)CC(O)CCC(C)(O)C(ON(C)CCN(CC)CC)CCC1C. The molecule has 0 saturated carbocycles. The van der Waals surface area contributed by atoms with Gasteiger partial charge >= 0.3 is 5.97 Å². The summed E-state index contributed by atoms with van der Waals surface area (Å²) in [4.78, 5) is 21.5. The number of rotatable bonds is 15. The minimum Gasteiger partial charge on any atom is -0.457 e. The van der Waals surface area contributed by atoms with E-state index >= 15 is 0 Å². The molecule has 4 N–H and O–H groups in total. The van der Waals surface area contributed by atoms with Crippen molar-refractivity contribution in [3.05, 3.63) is 23.8 Å². The highest BCUT2D eigenvalue weighted by Gasteiger charge is 2.47. The van der Waals surface area contributed by atoms with Crippen LogP contribution < -0.4 is 0 Å². The van der Waals surface area contributed by atoms with Crippen molar-refractivity contribution in [2.24, 2.45) is 11.8 Å². The van der Waals surface area contributed by atoms with Crippen LogP contribution in [-0.2, 0) is 19.1 Å². The van der Waals surface area contributed by atoms with Crippen molar-refractivity contribution in [1.82, 2.24) is 9.96 Å². The number of hydrogen-bond donors (Lipinski definition) is 4. The van der Waals surface area contributed by atoms with Crippen molar-refractivity contribution in [2.75, 3.05) is 33.2 Å². The van der Waals surface area contributed by atoms with Crippen molar-refractivity contribution in [2.45, 2.75) is 148 Å². The van der Waals surface area contributed by atoms with Crippen molar-refractivity contribution in [3.63, 3.8) is 0 Å². The van der Waals surface area contributed by atoms with E-state index in [1.165, 1.54) is 0 Å². The van der Waals surface area contributed by atoms with Crippen LogP contribution in [0.15, 0.2) is 23.8 Å². The van der Waals surface area contributed by atoms with E-state index in [1.807, 2.05) is 40.8 Å². The molecule has 2 rings (SSSR count). The summed E-state index contributed by atoms with van der Waals surface area (Å²) in [6.07, 6.45) is 5.44. The van der Waals surface area contributed by atoms with Gasteiger partial charge in [0.15, 0.2) is 0 Å². The first-order chi connectivity index (χ1) is 21.0. The van der Waals surface area contributed by atoms with Crippen molar-refractivity contribution in [1.29, 1.82) is 0 Å². The van der Waals surface area contributed by atoms with Crippen LogP contribution in [0.4, 0.5) is 0 Å². The average molecular weight is 641 g/mol. The van der Waals surface area contributed by atoms with Crippen LogP contribution in [0.2, 0.25) is 0 Å². The molecule has 0 amide bonds. The topological polar surface area (TPSA) is 135 Å². The summed E-state index contributed by atoms with van der Waals surface area (Å²) in [7, 11) is 1.89. The summed E-state index contributed by atoms with van der Waals surface area (Å²) < 4.78 is 11.7. The van der Waals surface area contributed by atoms with Crippen LogP contribution in [-0.4, -0.2) is 117 Å². The molecule has 0 bridgehead atoms. The number of nitrogens with zero attached hydrogens (tertiary/aromatic N) is 2. The summed E-state index contributed by atoms with van der Waals surface area (Å²) in [5, 5.41) is 45.0. The van der Waals surface area contributed by atoms with Crippen LogP contribution in [0, 0.1) is 11.8 Å². The maximum atomic E-state index is 12.8. The number of ether oxygens (including phenoxy) is 2. The summed E-state index contributed by atoms with van der Waals surface area (Å²) >= 11 is 0. The van der Waals surface area contributed by atoms with Gasteiger partial charge in [-0.15, -0.1) is 0 Å². The molecular weight excluding hydrogens is 576 g/mol. The fourth-order valence-electron chi connectivity index (χ4n) is 6.25. The lowest BCUT2D eigenvalue weighted by Gasteiger charge is -2.37. The predicted octanol–water partition coefficient (Wildman–Crippen LogP) is 4.00. The van der Waals surface area contributed by atoms with Gasteiger partial charge in [0.05, 0.1) is 42.0 Å². The molecule has 10 nitrogen and oxygen atoms in total. The number of aliphatic hydroxyl groups excluding tert-OH is 2. The third-order valence-corrected chi connectivity index (χ3v) is 9.71. The second-order valence-electron chi connectivity index (χ2n) is 14.0. The smallest absolute Gasteiger partial charge is 0.309 e. The van der Waals surface area contributed by atoms with Crippen LogP contribution in [0.3, 0.4) is 0 Å². The molecule has 0 spiro atoms. The highest BCUT2D eigenvalue weighted by atomic mass is 16.7. The Kier molecular flexibility index (Phi) is 16.1. The molecule has 10 atom stereocenters. The molecule has 0 aromatic carbocycles. The van der Waals surface area contributed by atoms with Crippen LogP contribution in [0.5, 0.6) is 0 Å². The molecule has 0 aromatic rings. The molecule has 2 aliphatic heterocycles. The minimum absolute atomic E-state index is 0.0132. The van der Waals surface area contributed by atoms with E-state index in [1.54, 1.807) is 31.1 Å². The van der Waals surface area contributed by atoms with Gasteiger partial charge in [-0.3, -0.25) is 9.63 Å². The van der Waals surface area contributed by atoms with Gasteiger partial charge in [0, 0.05) is 32.5 Å². The highest BCUT2D eigenvalue weighted by Crippen LogP contribution is 2.37. The Morgan fingerprint density at radius 2 is 1.87 bits per heavy atom. The molecule has 2 heterocycles. The number of esters is 1. The summed E-state index contributed by atoms with van der Waals surface area (Å²) in [5.74, 6) is -0.558. The van der Waals surface area contributed by atoms with Crippen LogP contribution in [0.1, 0.15) is 100 Å². The van der Waals surface area contributed by atoms with E-state index in [9.17, 15) is 25.2 Å². The van der Waals surface area contributed by atoms with E-state index in [0.29, 0.717) is 38.6 Å². The highest BCUT2D eigenvalue weighted by molar-refractivity contribution is 5.70. The van der Waals surface area contributed by atoms with E-state index < -0.39 is 41.6 Å². The van der Waals surface area contributed by atoms with Crippen molar-refractivity contribution >= 4 is 5.97 Å². The second-order valence-corrected chi connectivity index (χ2v) is 14.0. The quantitative estimate of drug-likeness (QED) is 0.0900. The number of carbonyl (C=O) groups is 1. The zero-order valence-corrected chi connectivity index (χ0v) is 29.4. The molecule has 0 radical (unpaired) electrons. The van der Waals surface area contributed by atoms with E-state index in [4.69, 9.17) is 14.3 Å². The number of hydroxylamine groups is 2. The molecule has 2 aliphatic rings. The maximum absolute atomic E-state index is 12.8. The molecule has 10 heteroatoms. The van der Waals surface area contributed by atoms with E-state index in [-0.39, 0.29) is 36.9 Å². The Balaban J connectivity index is 2.13. The molecule has 45 heavy (non-hydrogen) atoms. The lowest BCUT2D eigenvalue weighted by Crippen LogP contribution is -2.47. The third-order valence-electron chi connectivity index (χ3n) is 9.71. The standard InChI is InChI=1S/C35H64N2O8/c1-10-28(39)26(6)33-29(43-33)23-34(7,41)18-13-14-24(4)32-25(5)15-16-30(45-36(9)20-21-37(11-2)12-3)35(8,42)19-17-27(38)22-31(40)44-32/h13-14,18,25-30,32-33,38-39,41-42H,10-12,15-17,19-23H2,1-9H3/b18-13+,24-14+. The lowest BCUT2D eigenvalue weighted by atomic mass is 9.85. The van der Waals surface area contributed by atoms with Gasteiger partial charge < -0.3 is 34.8 Å². The number of allylic oxidation sites excluding steroid dienone is 2. The lowest BCUT2D eigenvalue weighted by molar-refractivity contribution is -0.238. The summed E-state index contributed by atoms with van der Waals surface area (Å²) in [6.45, 7) is 19.0. The number of aliphatic hydroxyl groups is 4. The summed E-state index contributed by atoms with van der Waals surface area (Å²) in [6, 6.07) is 0. The Morgan fingerprint density at radius 3 is 2.49 bits per heavy atom. The van der Waals surface area contributed by atoms with E-state index in [0.717, 1.165) is 25.2 Å². The third kappa shape index (κ3) is 13.3. The monoisotopic (exact) mass is 640 g/mol. The molecule has 2 saturated heterocycles.